The van der Waals surface area contributed by atoms with Crippen molar-refractivity contribution in [3.8, 4) is 6.07 Å². The molecule has 29 heavy (non-hydrogen) atoms. The maximum atomic E-state index is 12.6. The Bertz CT molecular complexity index is 980. The molecule has 0 spiro atoms. The Kier molecular flexibility index (Phi) is 5.79. The van der Waals surface area contributed by atoms with E-state index in [-0.39, 0.29) is 11.1 Å². The summed E-state index contributed by atoms with van der Waals surface area (Å²) in [6.07, 6.45) is 2.74. The van der Waals surface area contributed by atoms with Gasteiger partial charge in [0.2, 0.25) is 0 Å². The summed E-state index contributed by atoms with van der Waals surface area (Å²) in [6, 6.07) is 15.8. The van der Waals surface area contributed by atoms with Gasteiger partial charge in [-0.15, -0.1) is 0 Å². The van der Waals surface area contributed by atoms with Crippen LogP contribution in [0.15, 0.2) is 48.0 Å². The van der Waals surface area contributed by atoms with Crippen molar-refractivity contribution in [2.24, 2.45) is 0 Å². The fourth-order valence-corrected chi connectivity index (χ4v) is 4.35. The van der Waals surface area contributed by atoms with Crippen molar-refractivity contribution in [1.82, 2.24) is 0 Å². The van der Waals surface area contributed by atoms with E-state index in [2.05, 4.69) is 50.0 Å². The number of nitrogens with zero attached hydrogens (tertiary/aromatic N) is 2. The fourth-order valence-electron chi connectivity index (χ4n) is 4.35. The Balaban J connectivity index is 1.89. The predicted octanol–water partition coefficient (Wildman–Crippen LogP) is 5.65. The van der Waals surface area contributed by atoms with Crippen molar-refractivity contribution in [2.45, 2.75) is 52.5 Å². The average Bonchev–Trinajstić information content (AvgIpc) is 2.67. The first kappa shape index (κ1) is 20.7. The van der Waals surface area contributed by atoms with Gasteiger partial charge >= 0.3 is 0 Å². The van der Waals surface area contributed by atoms with E-state index in [1.807, 2.05) is 43.3 Å². The van der Waals surface area contributed by atoms with Crippen LogP contribution >= 0.6 is 0 Å². The SMILES string of the molecule is CCN1c2ccc(/C=C(/C#N)C(=O)Nc3ccc(C)cc3)cc2C(C)CC1(C)C. The number of aryl methyl sites for hydroxylation is 1. The van der Waals surface area contributed by atoms with Gasteiger partial charge < -0.3 is 10.2 Å². The molecule has 0 aliphatic carbocycles. The molecule has 1 N–H and O–H groups in total. The number of hydrogen-bond donors (Lipinski definition) is 1. The second kappa shape index (κ2) is 8.13. The predicted molar refractivity (Wildman–Crippen MR) is 120 cm³/mol. The second-order valence-corrected chi connectivity index (χ2v) is 8.47. The van der Waals surface area contributed by atoms with Gasteiger partial charge in [0.15, 0.2) is 0 Å². The molecule has 2 aromatic carbocycles. The third kappa shape index (κ3) is 4.35. The minimum absolute atomic E-state index is 0.0988. The largest absolute Gasteiger partial charge is 0.366 e. The lowest BCUT2D eigenvalue weighted by Crippen LogP contribution is -2.48. The molecule has 1 amide bonds. The first-order valence-corrected chi connectivity index (χ1v) is 10.2. The number of carbonyl (C=O) groups is 1. The first-order valence-electron chi connectivity index (χ1n) is 10.2. The molecule has 0 radical (unpaired) electrons. The van der Waals surface area contributed by atoms with Crippen LogP contribution in [-0.4, -0.2) is 18.0 Å². The fraction of sp³-hybridized carbons (Fsp3) is 0.360. The van der Waals surface area contributed by atoms with Gasteiger partial charge in [0.1, 0.15) is 11.6 Å². The Labute approximate surface area is 173 Å². The lowest BCUT2D eigenvalue weighted by molar-refractivity contribution is -0.112. The van der Waals surface area contributed by atoms with Gasteiger partial charge in [0, 0.05) is 23.5 Å². The van der Waals surface area contributed by atoms with E-state index in [0.29, 0.717) is 11.6 Å². The van der Waals surface area contributed by atoms with Crippen molar-refractivity contribution in [1.29, 1.82) is 5.26 Å². The van der Waals surface area contributed by atoms with E-state index >= 15 is 0 Å². The monoisotopic (exact) mass is 387 g/mol. The molecule has 1 unspecified atom stereocenters. The normalized spacial score (nSPS) is 18.0. The molecule has 1 aliphatic rings. The van der Waals surface area contributed by atoms with Crippen LogP contribution in [0.25, 0.3) is 6.08 Å². The van der Waals surface area contributed by atoms with Crippen molar-refractivity contribution in [2.75, 3.05) is 16.8 Å². The summed E-state index contributed by atoms with van der Waals surface area (Å²) in [4.78, 5) is 15.0. The topological polar surface area (TPSA) is 56.1 Å². The molecule has 1 heterocycles. The minimum atomic E-state index is -0.390. The van der Waals surface area contributed by atoms with Crippen LogP contribution in [0.5, 0.6) is 0 Å². The maximum absolute atomic E-state index is 12.6. The molecule has 3 rings (SSSR count). The summed E-state index contributed by atoms with van der Waals surface area (Å²) in [7, 11) is 0. The lowest BCUT2D eigenvalue weighted by Gasteiger charge is -2.47. The van der Waals surface area contributed by atoms with E-state index in [1.165, 1.54) is 11.3 Å². The Morgan fingerprint density at radius 1 is 1.28 bits per heavy atom. The summed E-state index contributed by atoms with van der Waals surface area (Å²) in [5.41, 5.74) is 5.41. The molecule has 0 fully saturated rings. The van der Waals surface area contributed by atoms with Gasteiger partial charge in [0.05, 0.1) is 0 Å². The molecule has 4 nitrogen and oxygen atoms in total. The number of rotatable bonds is 4. The molecule has 150 valence electrons. The maximum Gasteiger partial charge on any atom is 0.266 e. The van der Waals surface area contributed by atoms with Crippen molar-refractivity contribution >= 4 is 23.4 Å². The van der Waals surface area contributed by atoms with Gasteiger partial charge in [-0.05, 0) is 81.5 Å². The van der Waals surface area contributed by atoms with Crippen LogP contribution in [-0.2, 0) is 4.79 Å². The highest BCUT2D eigenvalue weighted by molar-refractivity contribution is 6.09. The zero-order chi connectivity index (χ0) is 21.2. The van der Waals surface area contributed by atoms with E-state index in [1.54, 1.807) is 6.08 Å². The molecule has 4 heteroatoms. The number of carbonyl (C=O) groups excluding carboxylic acids is 1. The van der Waals surface area contributed by atoms with Crippen molar-refractivity contribution in [3.05, 3.63) is 64.7 Å². The Hall–Kier alpha value is -3.06. The number of nitriles is 1. The smallest absolute Gasteiger partial charge is 0.266 e. The first-order chi connectivity index (χ1) is 13.7. The van der Waals surface area contributed by atoms with Crippen LogP contribution in [0.1, 0.15) is 56.7 Å². The van der Waals surface area contributed by atoms with Gasteiger partial charge in [-0.1, -0.05) is 30.7 Å². The number of fused-ring (bicyclic) bond motifs is 1. The number of nitrogens with one attached hydrogen (secondary N) is 1. The Morgan fingerprint density at radius 2 is 1.97 bits per heavy atom. The average molecular weight is 388 g/mol. The summed E-state index contributed by atoms with van der Waals surface area (Å²) < 4.78 is 0. The summed E-state index contributed by atoms with van der Waals surface area (Å²) >= 11 is 0. The number of hydrogen-bond acceptors (Lipinski definition) is 3. The van der Waals surface area contributed by atoms with Crippen LogP contribution in [0.3, 0.4) is 0 Å². The highest BCUT2D eigenvalue weighted by Gasteiger charge is 2.35. The Morgan fingerprint density at radius 3 is 2.59 bits per heavy atom. The lowest BCUT2D eigenvalue weighted by atomic mass is 9.79. The summed E-state index contributed by atoms with van der Waals surface area (Å²) in [5, 5.41) is 12.3. The molecule has 1 aliphatic heterocycles. The third-order valence-electron chi connectivity index (χ3n) is 5.71. The minimum Gasteiger partial charge on any atom is -0.366 e. The van der Waals surface area contributed by atoms with Gasteiger partial charge in [-0.2, -0.15) is 5.26 Å². The van der Waals surface area contributed by atoms with E-state index in [9.17, 15) is 10.1 Å². The molecule has 0 saturated carbocycles. The van der Waals surface area contributed by atoms with Gasteiger partial charge in [0.25, 0.3) is 5.91 Å². The summed E-state index contributed by atoms with van der Waals surface area (Å²) in [5.74, 6) is 0.0292. The van der Waals surface area contributed by atoms with Gasteiger partial charge in [-0.25, -0.2) is 0 Å². The number of amides is 1. The van der Waals surface area contributed by atoms with Crippen molar-refractivity contribution in [3.63, 3.8) is 0 Å². The second-order valence-electron chi connectivity index (χ2n) is 8.47. The number of benzene rings is 2. The number of anilines is 2. The zero-order valence-electron chi connectivity index (χ0n) is 17.9. The highest BCUT2D eigenvalue weighted by Crippen LogP contribution is 2.43. The molecular formula is C25H29N3O. The zero-order valence-corrected chi connectivity index (χ0v) is 17.9. The molecule has 1 atom stereocenters. The van der Waals surface area contributed by atoms with Crippen molar-refractivity contribution < 1.29 is 4.79 Å². The molecule has 0 saturated heterocycles. The van der Waals surface area contributed by atoms with E-state index < -0.39 is 5.91 Å². The van der Waals surface area contributed by atoms with Gasteiger partial charge in [-0.3, -0.25) is 4.79 Å². The standard InChI is InChI=1S/C25H29N3O/c1-6-28-23-12-9-19(14-22(23)18(3)15-25(28,4)5)13-20(16-26)24(29)27-21-10-7-17(2)8-11-21/h7-14,18H,6,15H2,1-5H3,(H,27,29)/b20-13-. The quantitative estimate of drug-likeness (QED) is 0.544. The third-order valence-corrected chi connectivity index (χ3v) is 5.71. The van der Waals surface area contributed by atoms with E-state index in [0.717, 1.165) is 24.1 Å². The highest BCUT2D eigenvalue weighted by atomic mass is 16.1. The summed E-state index contributed by atoms with van der Waals surface area (Å²) in [6.45, 7) is 11.9. The van der Waals surface area contributed by atoms with Crippen LogP contribution < -0.4 is 10.2 Å². The van der Waals surface area contributed by atoms with Crippen LogP contribution in [0.2, 0.25) is 0 Å². The van der Waals surface area contributed by atoms with Crippen LogP contribution in [0.4, 0.5) is 11.4 Å². The molecular weight excluding hydrogens is 358 g/mol. The molecule has 0 aromatic heterocycles. The van der Waals surface area contributed by atoms with E-state index in [4.69, 9.17) is 0 Å². The van der Waals surface area contributed by atoms with Crippen LogP contribution in [0, 0.1) is 18.3 Å². The molecule has 0 bridgehead atoms. The molecule has 2 aromatic rings.